The summed E-state index contributed by atoms with van der Waals surface area (Å²) in [5.41, 5.74) is 4.90. The Hall–Kier alpha value is -4.70. The number of benzene rings is 3. The Morgan fingerprint density at radius 3 is 2.02 bits per heavy atom. The maximum atomic E-state index is 13.1. The molecule has 1 unspecified atom stereocenters. The molecule has 3 N–H and O–H groups in total. The second kappa shape index (κ2) is 14.1. The highest BCUT2D eigenvalue weighted by Crippen LogP contribution is 2.44. The van der Waals surface area contributed by atoms with Gasteiger partial charge in [-0.05, 0) is 27.8 Å². The molecule has 0 radical (unpaired) electrons. The fraction of sp³-hybridized carbons (Fsp3) is 0.290. The van der Waals surface area contributed by atoms with Crippen molar-refractivity contribution < 1.29 is 38.5 Å². The van der Waals surface area contributed by atoms with Crippen LogP contribution in [-0.2, 0) is 35.2 Å². The van der Waals surface area contributed by atoms with Crippen molar-refractivity contribution in [2.75, 3.05) is 20.3 Å². The highest BCUT2D eigenvalue weighted by molar-refractivity contribution is 5.92. The second-order valence-electron chi connectivity index (χ2n) is 9.55. The van der Waals surface area contributed by atoms with E-state index in [2.05, 4.69) is 10.6 Å². The summed E-state index contributed by atoms with van der Waals surface area (Å²) in [5, 5.41) is 14.3. The second-order valence-corrected chi connectivity index (χ2v) is 9.55. The largest absolute Gasteiger partial charge is 0.480 e. The Morgan fingerprint density at radius 1 is 0.805 bits per heavy atom. The Balaban J connectivity index is 1.42. The Bertz CT molecular complexity index is 1330. The van der Waals surface area contributed by atoms with Crippen LogP contribution in [-0.4, -0.2) is 61.5 Å². The van der Waals surface area contributed by atoms with Gasteiger partial charge in [0.25, 0.3) is 0 Å². The number of hydrogen-bond acceptors (Lipinski definition) is 7. The summed E-state index contributed by atoms with van der Waals surface area (Å²) < 4.78 is 15.7. The summed E-state index contributed by atoms with van der Waals surface area (Å²) >= 11 is 0. The standard InChI is InChI=1S/C31H32N2O8/c1-39-16-15-26(30(36)37)32-29(35)27(17-28(34)40-18-20-9-3-2-4-10-20)33-31(38)41-19-25-23-13-7-5-11-21(23)22-12-6-8-14-24(22)25/h2-14,25-27H,15-19H2,1H3,(H,32,35)(H,33,38)(H,36,37)/t26?,27-/m0/s1. The molecule has 41 heavy (non-hydrogen) atoms. The van der Waals surface area contributed by atoms with Crippen molar-refractivity contribution in [1.82, 2.24) is 10.6 Å². The molecule has 0 fully saturated rings. The van der Waals surface area contributed by atoms with E-state index in [9.17, 15) is 24.3 Å². The van der Waals surface area contributed by atoms with Gasteiger partial charge in [-0.25, -0.2) is 9.59 Å². The minimum Gasteiger partial charge on any atom is -0.480 e. The lowest BCUT2D eigenvalue weighted by atomic mass is 9.98. The number of carbonyl (C=O) groups is 4. The monoisotopic (exact) mass is 560 g/mol. The number of nitrogens with one attached hydrogen (secondary N) is 2. The molecular weight excluding hydrogens is 528 g/mol. The van der Waals surface area contributed by atoms with Crippen LogP contribution in [0.3, 0.4) is 0 Å². The van der Waals surface area contributed by atoms with E-state index in [1.54, 1.807) is 24.3 Å². The molecule has 1 aliphatic rings. The van der Waals surface area contributed by atoms with Gasteiger partial charge >= 0.3 is 18.0 Å². The zero-order valence-corrected chi connectivity index (χ0v) is 22.6. The predicted octanol–water partition coefficient (Wildman–Crippen LogP) is 3.63. The van der Waals surface area contributed by atoms with Crippen molar-refractivity contribution in [2.24, 2.45) is 0 Å². The fourth-order valence-corrected chi connectivity index (χ4v) is 4.72. The first kappa shape index (κ1) is 29.3. The summed E-state index contributed by atoms with van der Waals surface area (Å²) in [6, 6.07) is 22.0. The van der Waals surface area contributed by atoms with Crippen molar-refractivity contribution in [3.05, 3.63) is 95.6 Å². The van der Waals surface area contributed by atoms with Gasteiger partial charge in [0.15, 0.2) is 0 Å². The Morgan fingerprint density at radius 2 is 1.41 bits per heavy atom. The van der Waals surface area contributed by atoms with E-state index in [0.29, 0.717) is 0 Å². The first-order chi connectivity index (χ1) is 19.9. The van der Waals surface area contributed by atoms with Crippen molar-refractivity contribution in [1.29, 1.82) is 0 Å². The minimum atomic E-state index is -1.43. The number of hydrogen-bond donors (Lipinski definition) is 3. The van der Waals surface area contributed by atoms with Gasteiger partial charge in [-0.3, -0.25) is 9.59 Å². The van der Waals surface area contributed by atoms with Crippen LogP contribution in [0.25, 0.3) is 11.1 Å². The molecule has 3 aromatic rings. The molecule has 0 saturated carbocycles. The van der Waals surface area contributed by atoms with E-state index in [4.69, 9.17) is 14.2 Å². The fourth-order valence-electron chi connectivity index (χ4n) is 4.72. The molecule has 2 amide bonds. The molecule has 0 aliphatic heterocycles. The molecule has 3 aromatic carbocycles. The first-order valence-corrected chi connectivity index (χ1v) is 13.2. The van der Waals surface area contributed by atoms with Gasteiger partial charge in [-0.15, -0.1) is 0 Å². The summed E-state index contributed by atoms with van der Waals surface area (Å²) in [6.07, 6.45) is -1.46. The number of esters is 1. The molecule has 1 aliphatic carbocycles. The molecule has 0 spiro atoms. The average molecular weight is 561 g/mol. The molecule has 10 heteroatoms. The van der Waals surface area contributed by atoms with Crippen LogP contribution < -0.4 is 10.6 Å². The molecule has 10 nitrogen and oxygen atoms in total. The van der Waals surface area contributed by atoms with Gasteiger partial charge in [0, 0.05) is 26.1 Å². The minimum absolute atomic E-state index is 0.00174. The lowest BCUT2D eigenvalue weighted by Gasteiger charge is -2.21. The van der Waals surface area contributed by atoms with Gasteiger partial charge in [0.1, 0.15) is 25.3 Å². The zero-order valence-electron chi connectivity index (χ0n) is 22.6. The number of aliphatic carboxylic acids is 1. The number of fused-ring (bicyclic) bond motifs is 3. The van der Waals surface area contributed by atoms with Crippen molar-refractivity contribution in [2.45, 2.75) is 37.5 Å². The average Bonchev–Trinajstić information content (AvgIpc) is 3.30. The van der Waals surface area contributed by atoms with Gasteiger partial charge < -0.3 is 30.0 Å². The van der Waals surface area contributed by atoms with Crippen LogP contribution in [0.2, 0.25) is 0 Å². The van der Waals surface area contributed by atoms with Gasteiger partial charge in [-0.2, -0.15) is 0 Å². The molecule has 214 valence electrons. The molecule has 0 heterocycles. The summed E-state index contributed by atoms with van der Waals surface area (Å²) in [4.78, 5) is 50.2. The highest BCUT2D eigenvalue weighted by atomic mass is 16.5. The van der Waals surface area contributed by atoms with E-state index < -0.39 is 42.4 Å². The molecule has 2 atom stereocenters. The lowest BCUT2D eigenvalue weighted by Crippen LogP contribution is -2.52. The van der Waals surface area contributed by atoms with Crippen molar-refractivity contribution >= 4 is 23.9 Å². The first-order valence-electron chi connectivity index (χ1n) is 13.2. The van der Waals surface area contributed by atoms with Crippen LogP contribution in [0.15, 0.2) is 78.9 Å². The van der Waals surface area contributed by atoms with E-state index in [1.165, 1.54) is 7.11 Å². The molecular formula is C31H32N2O8. The third-order valence-corrected chi connectivity index (χ3v) is 6.79. The van der Waals surface area contributed by atoms with Crippen LogP contribution in [0.5, 0.6) is 0 Å². The van der Waals surface area contributed by atoms with E-state index in [1.807, 2.05) is 54.6 Å². The van der Waals surface area contributed by atoms with Crippen molar-refractivity contribution in [3.63, 3.8) is 0 Å². The third-order valence-electron chi connectivity index (χ3n) is 6.79. The quantitative estimate of drug-likeness (QED) is 0.269. The number of methoxy groups -OCH3 is 1. The number of alkyl carbamates (subject to hydrolysis) is 1. The smallest absolute Gasteiger partial charge is 0.407 e. The number of carboxylic acids is 1. The van der Waals surface area contributed by atoms with Crippen LogP contribution in [0.4, 0.5) is 4.79 Å². The van der Waals surface area contributed by atoms with Gasteiger partial charge in [0.05, 0.1) is 6.42 Å². The zero-order chi connectivity index (χ0) is 29.2. The van der Waals surface area contributed by atoms with Crippen LogP contribution in [0.1, 0.15) is 35.4 Å². The lowest BCUT2D eigenvalue weighted by molar-refractivity contribution is -0.147. The van der Waals surface area contributed by atoms with E-state index in [0.717, 1.165) is 27.8 Å². The number of ether oxygens (including phenoxy) is 3. The summed E-state index contributed by atoms with van der Waals surface area (Å²) in [7, 11) is 1.41. The summed E-state index contributed by atoms with van der Waals surface area (Å²) in [5.74, 6) is -3.10. The SMILES string of the molecule is COCCC(NC(=O)[C@H](CC(=O)OCc1ccccc1)NC(=O)OCC1c2ccccc2-c2ccccc21)C(=O)O. The molecule has 0 saturated heterocycles. The summed E-state index contributed by atoms with van der Waals surface area (Å²) in [6.45, 7) is 0.0592. The van der Waals surface area contributed by atoms with Crippen LogP contribution >= 0.6 is 0 Å². The number of carbonyl (C=O) groups excluding carboxylic acids is 3. The van der Waals surface area contributed by atoms with Crippen molar-refractivity contribution in [3.8, 4) is 11.1 Å². The normalized spacial score (nSPS) is 13.3. The Labute approximate surface area is 237 Å². The predicted molar refractivity (Wildman–Crippen MR) is 149 cm³/mol. The van der Waals surface area contributed by atoms with Crippen LogP contribution in [0, 0.1) is 0 Å². The third kappa shape index (κ3) is 7.70. The molecule has 4 rings (SSSR count). The van der Waals surface area contributed by atoms with E-state index in [-0.39, 0.29) is 32.2 Å². The number of rotatable bonds is 13. The van der Waals surface area contributed by atoms with E-state index >= 15 is 0 Å². The van der Waals surface area contributed by atoms with Gasteiger partial charge in [-0.1, -0.05) is 78.9 Å². The molecule has 0 bridgehead atoms. The Kier molecular flexibility index (Phi) is 10.1. The number of carboxylic acid groups (broad SMARTS) is 1. The topological polar surface area (TPSA) is 140 Å². The maximum Gasteiger partial charge on any atom is 0.407 e. The number of amides is 2. The highest BCUT2D eigenvalue weighted by Gasteiger charge is 2.32. The maximum absolute atomic E-state index is 13.1. The molecule has 0 aromatic heterocycles. The van der Waals surface area contributed by atoms with Gasteiger partial charge in [0.2, 0.25) is 5.91 Å².